The van der Waals surface area contributed by atoms with Gasteiger partial charge in [-0.25, -0.2) is 4.98 Å². The summed E-state index contributed by atoms with van der Waals surface area (Å²) >= 11 is 0. The van der Waals surface area contributed by atoms with E-state index in [9.17, 15) is 0 Å². The van der Waals surface area contributed by atoms with Crippen molar-refractivity contribution in [2.45, 2.75) is 34.1 Å². The van der Waals surface area contributed by atoms with E-state index in [1.807, 2.05) is 13.8 Å². The van der Waals surface area contributed by atoms with Gasteiger partial charge in [-0.2, -0.15) is 5.10 Å². The number of aromatic amines is 1. The molecule has 0 aromatic carbocycles. The van der Waals surface area contributed by atoms with E-state index < -0.39 is 0 Å². The minimum atomic E-state index is 0.539. The monoisotopic (exact) mass is 245 g/mol. The number of aryl methyl sites for hydroxylation is 2. The molecular formula is C13H19N5. The average Bonchev–Trinajstić information content (AvgIpc) is 2.68. The molecule has 2 heterocycles. The van der Waals surface area contributed by atoms with Gasteiger partial charge in [0, 0.05) is 6.07 Å². The molecule has 0 aliphatic rings. The predicted octanol–water partition coefficient (Wildman–Crippen LogP) is 2.26. The SMILES string of the molecule is Cc1nc(C)c(-c2cc(N)[nH]n2)nc1CC(C)C. The molecule has 0 radical (unpaired) electrons. The van der Waals surface area contributed by atoms with Gasteiger partial charge in [-0.3, -0.25) is 10.1 Å². The number of anilines is 1. The van der Waals surface area contributed by atoms with Gasteiger partial charge < -0.3 is 5.73 Å². The van der Waals surface area contributed by atoms with E-state index >= 15 is 0 Å². The molecule has 5 nitrogen and oxygen atoms in total. The van der Waals surface area contributed by atoms with Crippen LogP contribution in [-0.2, 0) is 6.42 Å². The number of nitrogen functional groups attached to an aromatic ring is 1. The number of hydrogen-bond donors (Lipinski definition) is 2. The lowest BCUT2D eigenvalue weighted by Gasteiger charge is -2.10. The van der Waals surface area contributed by atoms with Crippen LogP contribution in [0.2, 0.25) is 0 Å². The molecule has 0 aliphatic heterocycles. The Balaban J connectivity index is 2.47. The Hall–Kier alpha value is -1.91. The van der Waals surface area contributed by atoms with Gasteiger partial charge in [0.25, 0.3) is 0 Å². The van der Waals surface area contributed by atoms with Gasteiger partial charge in [0.05, 0.1) is 17.1 Å². The molecule has 3 N–H and O–H groups in total. The molecule has 2 aromatic rings. The standard InChI is InChI=1S/C13H19N5/c1-7(2)5-10-8(3)15-9(4)13(16-10)11-6-12(14)18-17-11/h6-7H,5H2,1-4H3,(H3,14,17,18). The van der Waals surface area contributed by atoms with Gasteiger partial charge in [0.15, 0.2) is 0 Å². The van der Waals surface area contributed by atoms with Crippen LogP contribution in [0, 0.1) is 19.8 Å². The number of hydrogen-bond acceptors (Lipinski definition) is 4. The quantitative estimate of drug-likeness (QED) is 0.869. The van der Waals surface area contributed by atoms with Crippen LogP contribution in [0.1, 0.15) is 30.9 Å². The molecule has 5 heteroatoms. The molecule has 18 heavy (non-hydrogen) atoms. The molecule has 2 rings (SSSR count). The highest BCUT2D eigenvalue weighted by Gasteiger charge is 2.13. The molecule has 0 saturated heterocycles. The maximum atomic E-state index is 5.65. The normalized spacial score (nSPS) is 11.2. The van der Waals surface area contributed by atoms with Crippen molar-refractivity contribution in [3.05, 3.63) is 23.1 Å². The van der Waals surface area contributed by atoms with Gasteiger partial charge in [0.2, 0.25) is 0 Å². The van der Waals surface area contributed by atoms with Crippen molar-refractivity contribution in [2.24, 2.45) is 5.92 Å². The van der Waals surface area contributed by atoms with Gasteiger partial charge in [-0.05, 0) is 26.2 Å². The highest BCUT2D eigenvalue weighted by molar-refractivity contribution is 5.60. The third-order valence-corrected chi connectivity index (χ3v) is 2.78. The third kappa shape index (κ3) is 2.50. The lowest BCUT2D eigenvalue weighted by Crippen LogP contribution is -2.06. The second-order valence-corrected chi connectivity index (χ2v) is 5.00. The van der Waals surface area contributed by atoms with Crippen molar-refractivity contribution in [3.8, 4) is 11.4 Å². The van der Waals surface area contributed by atoms with E-state index in [1.54, 1.807) is 6.07 Å². The lowest BCUT2D eigenvalue weighted by molar-refractivity contribution is 0.629. The fourth-order valence-electron chi connectivity index (χ4n) is 1.95. The Labute approximate surface area is 107 Å². The summed E-state index contributed by atoms with van der Waals surface area (Å²) in [6.07, 6.45) is 0.923. The molecule has 0 amide bonds. The molecule has 0 fully saturated rings. The second kappa shape index (κ2) is 4.76. The number of nitrogens with zero attached hydrogens (tertiary/aromatic N) is 3. The second-order valence-electron chi connectivity index (χ2n) is 5.00. The zero-order valence-corrected chi connectivity index (χ0v) is 11.3. The molecule has 0 spiro atoms. The molecule has 0 aliphatic carbocycles. The summed E-state index contributed by atoms with van der Waals surface area (Å²) in [7, 11) is 0. The van der Waals surface area contributed by atoms with Crippen LogP contribution >= 0.6 is 0 Å². The van der Waals surface area contributed by atoms with E-state index in [0.717, 1.165) is 34.9 Å². The van der Waals surface area contributed by atoms with E-state index in [0.29, 0.717) is 11.7 Å². The van der Waals surface area contributed by atoms with E-state index in [-0.39, 0.29) is 0 Å². The largest absolute Gasteiger partial charge is 0.384 e. The number of rotatable bonds is 3. The van der Waals surface area contributed by atoms with Gasteiger partial charge in [-0.1, -0.05) is 13.8 Å². The van der Waals surface area contributed by atoms with Crippen molar-refractivity contribution in [1.82, 2.24) is 20.2 Å². The summed E-state index contributed by atoms with van der Waals surface area (Å²) in [5.41, 5.74) is 10.1. The van der Waals surface area contributed by atoms with Crippen LogP contribution in [0.15, 0.2) is 6.07 Å². The summed E-state index contributed by atoms with van der Waals surface area (Å²) in [4.78, 5) is 9.25. The zero-order chi connectivity index (χ0) is 13.3. The van der Waals surface area contributed by atoms with Gasteiger partial charge >= 0.3 is 0 Å². The van der Waals surface area contributed by atoms with E-state index in [2.05, 4.69) is 29.0 Å². The predicted molar refractivity (Wildman–Crippen MR) is 72.0 cm³/mol. The van der Waals surface area contributed by atoms with Crippen molar-refractivity contribution < 1.29 is 0 Å². The topological polar surface area (TPSA) is 80.5 Å². The Morgan fingerprint density at radius 2 is 1.94 bits per heavy atom. The minimum absolute atomic E-state index is 0.539. The summed E-state index contributed by atoms with van der Waals surface area (Å²) < 4.78 is 0. The van der Waals surface area contributed by atoms with Crippen molar-refractivity contribution >= 4 is 5.82 Å². The summed E-state index contributed by atoms with van der Waals surface area (Å²) in [6, 6.07) is 1.78. The number of H-pyrrole nitrogens is 1. The third-order valence-electron chi connectivity index (χ3n) is 2.78. The lowest BCUT2D eigenvalue weighted by atomic mass is 10.1. The van der Waals surface area contributed by atoms with Crippen LogP contribution < -0.4 is 5.73 Å². The first-order chi connectivity index (χ1) is 8.47. The molecule has 2 aromatic heterocycles. The fraction of sp³-hybridized carbons (Fsp3) is 0.462. The first kappa shape index (κ1) is 12.5. The van der Waals surface area contributed by atoms with Crippen LogP contribution in [0.5, 0.6) is 0 Å². The Kier molecular flexibility index (Phi) is 3.32. The molecule has 0 unspecified atom stereocenters. The number of nitrogens with one attached hydrogen (secondary N) is 1. The molecular weight excluding hydrogens is 226 g/mol. The zero-order valence-electron chi connectivity index (χ0n) is 11.3. The van der Waals surface area contributed by atoms with Crippen LogP contribution in [0.25, 0.3) is 11.4 Å². The average molecular weight is 245 g/mol. The number of aromatic nitrogens is 4. The number of nitrogens with two attached hydrogens (primary N) is 1. The smallest absolute Gasteiger partial charge is 0.119 e. The molecule has 0 bridgehead atoms. The van der Waals surface area contributed by atoms with E-state index in [4.69, 9.17) is 10.7 Å². The molecule has 0 saturated carbocycles. The van der Waals surface area contributed by atoms with Gasteiger partial charge in [-0.15, -0.1) is 0 Å². The van der Waals surface area contributed by atoms with Crippen molar-refractivity contribution in [2.75, 3.05) is 5.73 Å². The van der Waals surface area contributed by atoms with Crippen molar-refractivity contribution in [1.29, 1.82) is 0 Å². The molecule has 96 valence electrons. The van der Waals surface area contributed by atoms with Crippen molar-refractivity contribution in [3.63, 3.8) is 0 Å². The summed E-state index contributed by atoms with van der Waals surface area (Å²) in [6.45, 7) is 8.29. The van der Waals surface area contributed by atoms with Crippen LogP contribution in [0.4, 0.5) is 5.82 Å². The first-order valence-electron chi connectivity index (χ1n) is 6.12. The summed E-state index contributed by atoms with van der Waals surface area (Å²) in [5, 5.41) is 6.87. The summed E-state index contributed by atoms with van der Waals surface area (Å²) in [5.74, 6) is 1.09. The van der Waals surface area contributed by atoms with Crippen LogP contribution in [0.3, 0.4) is 0 Å². The Bertz CT molecular complexity index is 557. The Morgan fingerprint density at radius 3 is 2.50 bits per heavy atom. The van der Waals surface area contributed by atoms with Gasteiger partial charge in [0.1, 0.15) is 17.2 Å². The van der Waals surface area contributed by atoms with E-state index in [1.165, 1.54) is 0 Å². The highest BCUT2D eigenvalue weighted by Crippen LogP contribution is 2.21. The first-order valence-corrected chi connectivity index (χ1v) is 6.12. The maximum absolute atomic E-state index is 5.65. The Morgan fingerprint density at radius 1 is 1.22 bits per heavy atom. The maximum Gasteiger partial charge on any atom is 0.119 e. The van der Waals surface area contributed by atoms with Crippen LogP contribution in [-0.4, -0.2) is 20.2 Å². The minimum Gasteiger partial charge on any atom is -0.384 e. The fourth-order valence-corrected chi connectivity index (χ4v) is 1.95. The molecule has 0 atom stereocenters. The highest BCUT2D eigenvalue weighted by atomic mass is 15.2.